The van der Waals surface area contributed by atoms with Crippen LogP contribution in [0.2, 0.25) is 0 Å². The van der Waals surface area contributed by atoms with E-state index in [4.69, 9.17) is 4.74 Å². The van der Waals surface area contributed by atoms with Gasteiger partial charge in [-0.05, 0) is 51.1 Å². The van der Waals surface area contributed by atoms with Gasteiger partial charge in [0.05, 0.1) is 18.1 Å². The number of aromatic nitrogens is 3. The van der Waals surface area contributed by atoms with E-state index < -0.39 is 6.10 Å². The van der Waals surface area contributed by atoms with Gasteiger partial charge in [-0.1, -0.05) is 0 Å². The van der Waals surface area contributed by atoms with Crippen molar-refractivity contribution in [2.45, 2.75) is 32.9 Å². The Morgan fingerprint density at radius 3 is 2.60 bits per heavy atom. The summed E-state index contributed by atoms with van der Waals surface area (Å²) in [6.45, 7) is 5.68. The first-order valence-electron chi connectivity index (χ1n) is 8.00. The fraction of sp³-hybridized carbons (Fsp3) is 0.278. The van der Waals surface area contributed by atoms with Gasteiger partial charge >= 0.3 is 0 Å². The molecular weight excluding hydrogens is 323 g/mol. The molecule has 25 heavy (non-hydrogen) atoms. The average Bonchev–Trinajstić information content (AvgIpc) is 3.00. The molecular formula is C18H19FN4O2. The first-order valence-corrected chi connectivity index (χ1v) is 8.00. The summed E-state index contributed by atoms with van der Waals surface area (Å²) >= 11 is 0. The number of benzene rings is 1. The topological polar surface area (TPSA) is 69.0 Å². The normalized spacial score (nSPS) is 12.4. The summed E-state index contributed by atoms with van der Waals surface area (Å²) in [5, 5.41) is 7.91. The maximum atomic E-state index is 12.9. The number of nitrogens with one attached hydrogen (secondary N) is 1. The highest BCUT2D eigenvalue weighted by atomic mass is 19.1. The molecule has 0 bridgehead atoms. The van der Waals surface area contributed by atoms with E-state index in [1.54, 1.807) is 19.3 Å². The van der Waals surface area contributed by atoms with Crippen LogP contribution in [0.1, 0.15) is 26.8 Å². The van der Waals surface area contributed by atoms with Gasteiger partial charge in [0.2, 0.25) is 0 Å². The Hall–Kier alpha value is -2.96. The van der Waals surface area contributed by atoms with Gasteiger partial charge in [0.15, 0.2) is 11.8 Å². The molecule has 1 amide bonds. The summed E-state index contributed by atoms with van der Waals surface area (Å²) < 4.78 is 20.2. The van der Waals surface area contributed by atoms with Crippen LogP contribution in [-0.4, -0.2) is 26.8 Å². The van der Waals surface area contributed by atoms with Gasteiger partial charge < -0.3 is 10.1 Å². The zero-order chi connectivity index (χ0) is 18.0. The highest BCUT2D eigenvalue weighted by Gasteiger charge is 2.16. The highest BCUT2D eigenvalue weighted by molar-refractivity contribution is 5.95. The third-order valence-electron chi connectivity index (χ3n) is 3.69. The summed E-state index contributed by atoms with van der Waals surface area (Å²) in [7, 11) is 0. The second-order valence-corrected chi connectivity index (χ2v) is 6.02. The monoisotopic (exact) mass is 342 g/mol. The van der Waals surface area contributed by atoms with E-state index in [-0.39, 0.29) is 17.8 Å². The number of hydrogen-bond acceptors (Lipinski definition) is 4. The number of carbonyl (C=O) groups excluding carboxylic acids is 1. The smallest absolute Gasteiger partial charge is 0.265 e. The second-order valence-electron chi connectivity index (χ2n) is 6.02. The molecule has 7 heteroatoms. The Kier molecular flexibility index (Phi) is 4.65. The molecule has 0 unspecified atom stereocenters. The number of carbonyl (C=O) groups is 1. The minimum atomic E-state index is -0.737. The molecule has 0 fully saturated rings. The zero-order valence-corrected chi connectivity index (χ0v) is 14.2. The fourth-order valence-corrected chi connectivity index (χ4v) is 2.40. The summed E-state index contributed by atoms with van der Waals surface area (Å²) in [6, 6.07) is 7.54. The van der Waals surface area contributed by atoms with Gasteiger partial charge in [-0.15, -0.1) is 0 Å². The molecule has 130 valence electrons. The molecule has 1 atom stereocenters. The van der Waals surface area contributed by atoms with Crippen molar-refractivity contribution in [3.63, 3.8) is 0 Å². The molecule has 0 aliphatic heterocycles. The summed E-state index contributed by atoms with van der Waals surface area (Å²) in [6.07, 6.45) is 2.57. The van der Waals surface area contributed by atoms with Gasteiger partial charge in [0.1, 0.15) is 11.6 Å². The van der Waals surface area contributed by atoms with E-state index in [1.807, 2.05) is 24.6 Å². The number of anilines is 1. The molecule has 2 aromatic heterocycles. The van der Waals surface area contributed by atoms with Crippen molar-refractivity contribution in [2.24, 2.45) is 0 Å². The minimum Gasteiger partial charge on any atom is -0.481 e. The second kappa shape index (κ2) is 6.88. The van der Waals surface area contributed by atoms with Crippen molar-refractivity contribution in [3.05, 3.63) is 48.5 Å². The molecule has 1 N–H and O–H groups in total. The van der Waals surface area contributed by atoms with E-state index in [0.29, 0.717) is 11.4 Å². The largest absolute Gasteiger partial charge is 0.481 e. The van der Waals surface area contributed by atoms with E-state index in [1.165, 1.54) is 24.3 Å². The van der Waals surface area contributed by atoms with Crippen LogP contribution in [0.3, 0.4) is 0 Å². The van der Waals surface area contributed by atoms with Crippen LogP contribution in [0.5, 0.6) is 5.75 Å². The van der Waals surface area contributed by atoms with Gasteiger partial charge in [0.25, 0.3) is 5.91 Å². The van der Waals surface area contributed by atoms with Crippen molar-refractivity contribution in [2.75, 3.05) is 5.32 Å². The number of halogens is 1. The van der Waals surface area contributed by atoms with Crippen LogP contribution < -0.4 is 10.1 Å². The lowest BCUT2D eigenvalue weighted by Crippen LogP contribution is -2.30. The van der Waals surface area contributed by atoms with Gasteiger partial charge in [-0.2, -0.15) is 5.10 Å². The predicted molar refractivity (Wildman–Crippen MR) is 93.0 cm³/mol. The lowest BCUT2D eigenvalue weighted by molar-refractivity contribution is -0.122. The van der Waals surface area contributed by atoms with Gasteiger partial charge in [0, 0.05) is 11.4 Å². The molecule has 3 rings (SSSR count). The van der Waals surface area contributed by atoms with Crippen LogP contribution in [-0.2, 0) is 4.79 Å². The lowest BCUT2D eigenvalue weighted by Gasteiger charge is -2.14. The van der Waals surface area contributed by atoms with E-state index in [9.17, 15) is 9.18 Å². The van der Waals surface area contributed by atoms with Crippen molar-refractivity contribution in [3.8, 4) is 5.75 Å². The number of hydrogen-bond donors (Lipinski definition) is 1. The van der Waals surface area contributed by atoms with Crippen molar-refractivity contribution < 1.29 is 13.9 Å². The van der Waals surface area contributed by atoms with Crippen molar-refractivity contribution in [1.82, 2.24) is 14.8 Å². The number of fused-ring (bicyclic) bond motifs is 1. The Balaban J connectivity index is 1.69. The number of amides is 1. The van der Waals surface area contributed by atoms with Crippen LogP contribution in [0.15, 0.2) is 42.7 Å². The lowest BCUT2D eigenvalue weighted by atomic mass is 10.3. The number of nitrogens with zero attached hydrogens (tertiary/aromatic N) is 3. The highest BCUT2D eigenvalue weighted by Crippen LogP contribution is 2.19. The van der Waals surface area contributed by atoms with Crippen molar-refractivity contribution in [1.29, 1.82) is 0 Å². The van der Waals surface area contributed by atoms with Crippen LogP contribution in [0.25, 0.3) is 11.0 Å². The summed E-state index contributed by atoms with van der Waals surface area (Å²) in [4.78, 5) is 16.6. The zero-order valence-electron chi connectivity index (χ0n) is 14.2. The van der Waals surface area contributed by atoms with Crippen LogP contribution in [0, 0.1) is 5.82 Å². The third-order valence-corrected chi connectivity index (χ3v) is 3.69. The quantitative estimate of drug-likeness (QED) is 0.770. The molecule has 1 aromatic carbocycles. The maximum Gasteiger partial charge on any atom is 0.265 e. The van der Waals surface area contributed by atoms with E-state index >= 15 is 0 Å². The molecule has 0 saturated carbocycles. The maximum absolute atomic E-state index is 12.9. The number of pyridine rings is 1. The molecule has 0 aliphatic carbocycles. The Morgan fingerprint density at radius 2 is 1.92 bits per heavy atom. The minimum absolute atomic E-state index is 0.203. The molecule has 0 spiro atoms. The van der Waals surface area contributed by atoms with E-state index in [0.717, 1.165) is 11.0 Å². The number of ether oxygens (including phenoxy) is 1. The number of rotatable bonds is 5. The summed E-state index contributed by atoms with van der Waals surface area (Å²) in [5.41, 5.74) is 1.33. The molecule has 2 heterocycles. The Bertz CT molecular complexity index is 890. The molecule has 6 nitrogen and oxygen atoms in total. The van der Waals surface area contributed by atoms with Crippen molar-refractivity contribution >= 4 is 22.6 Å². The first-order chi connectivity index (χ1) is 11.9. The van der Waals surface area contributed by atoms with Gasteiger partial charge in [-0.3, -0.25) is 4.79 Å². The molecule has 0 aliphatic rings. The molecule has 0 radical (unpaired) electrons. The average molecular weight is 342 g/mol. The van der Waals surface area contributed by atoms with Crippen LogP contribution >= 0.6 is 0 Å². The van der Waals surface area contributed by atoms with Gasteiger partial charge in [-0.25, -0.2) is 14.1 Å². The first kappa shape index (κ1) is 16.9. The fourth-order valence-electron chi connectivity index (χ4n) is 2.40. The molecule has 3 aromatic rings. The Labute approximate surface area is 144 Å². The predicted octanol–water partition coefficient (Wildman–Crippen LogP) is 3.56. The molecule has 0 saturated heterocycles. The van der Waals surface area contributed by atoms with Crippen LogP contribution in [0.4, 0.5) is 10.1 Å². The Morgan fingerprint density at radius 1 is 1.20 bits per heavy atom. The summed E-state index contributed by atoms with van der Waals surface area (Å²) in [5.74, 6) is -0.247. The SMILES string of the molecule is CC(C)n1ncc2cc(NC(=O)[C@H](C)Oc3ccc(F)cc3)cnc21. The third kappa shape index (κ3) is 3.76. The van der Waals surface area contributed by atoms with E-state index in [2.05, 4.69) is 15.4 Å². The standard InChI is InChI=1S/C18H19FN4O2/c1-11(2)23-17-13(9-21-23)8-15(10-20-17)22-18(24)12(3)25-16-6-4-14(19)5-7-16/h4-12H,1-3H3,(H,22,24)/t12-/m0/s1.